The largest absolute Gasteiger partial charge is 0.240 e. The van der Waals surface area contributed by atoms with E-state index in [1.807, 2.05) is 0 Å². The van der Waals surface area contributed by atoms with Crippen molar-refractivity contribution in [2.45, 2.75) is 30.7 Å². The minimum absolute atomic E-state index is 0.292. The smallest absolute Gasteiger partial charge is 0.208 e. The molecule has 0 amide bonds. The number of halogens is 3. The lowest BCUT2D eigenvalue weighted by Gasteiger charge is -2.13. The molecule has 0 saturated heterocycles. The molecule has 1 rings (SSSR count). The molecule has 1 aromatic rings. The molecule has 0 heterocycles. The first-order valence-electron chi connectivity index (χ1n) is 5.40. The Kier molecular flexibility index (Phi) is 5.49. The predicted molar refractivity (Wildman–Crippen MR) is 66.1 cm³/mol. The van der Waals surface area contributed by atoms with Crippen LogP contribution in [0.25, 0.3) is 0 Å². The van der Waals surface area contributed by atoms with Crippen LogP contribution >= 0.6 is 11.6 Å². The molecule has 0 aliphatic carbocycles. The van der Waals surface area contributed by atoms with Gasteiger partial charge in [0.05, 0.1) is 4.90 Å². The van der Waals surface area contributed by atoms with Crippen LogP contribution in [-0.4, -0.2) is 20.3 Å². The SMILES string of the molecule is CC(CCCCl)NS(=O)(=O)c1ccc(F)c(F)c1. The van der Waals surface area contributed by atoms with Gasteiger partial charge in [0.2, 0.25) is 10.0 Å². The molecule has 0 saturated carbocycles. The highest BCUT2D eigenvalue weighted by Gasteiger charge is 2.18. The van der Waals surface area contributed by atoms with Crippen molar-refractivity contribution in [3.8, 4) is 0 Å². The van der Waals surface area contributed by atoms with E-state index < -0.39 is 21.7 Å². The molecule has 0 aromatic heterocycles. The maximum Gasteiger partial charge on any atom is 0.240 e. The summed E-state index contributed by atoms with van der Waals surface area (Å²) in [4.78, 5) is -0.292. The Balaban J connectivity index is 2.83. The zero-order valence-corrected chi connectivity index (χ0v) is 11.4. The maximum absolute atomic E-state index is 13.0. The Hall–Kier alpha value is -0.720. The van der Waals surface area contributed by atoms with Crippen LogP contribution in [0.15, 0.2) is 23.1 Å². The molecular formula is C11H14ClF2NO2S. The summed E-state index contributed by atoms with van der Waals surface area (Å²) in [5.41, 5.74) is 0. The Bertz CT molecular complexity index is 508. The molecule has 0 fully saturated rings. The second-order valence-corrected chi connectivity index (χ2v) is 6.02. The van der Waals surface area contributed by atoms with Crippen LogP contribution in [0.3, 0.4) is 0 Å². The molecule has 1 aromatic carbocycles. The minimum Gasteiger partial charge on any atom is -0.208 e. The highest BCUT2D eigenvalue weighted by atomic mass is 35.5. The van der Waals surface area contributed by atoms with E-state index in [0.717, 1.165) is 12.1 Å². The number of alkyl halides is 1. The van der Waals surface area contributed by atoms with Crippen LogP contribution in [0, 0.1) is 11.6 Å². The quantitative estimate of drug-likeness (QED) is 0.821. The van der Waals surface area contributed by atoms with Crippen LogP contribution in [0.2, 0.25) is 0 Å². The van der Waals surface area contributed by atoms with Crippen molar-refractivity contribution in [2.75, 3.05) is 5.88 Å². The Morgan fingerprint density at radius 3 is 2.56 bits per heavy atom. The summed E-state index contributed by atoms with van der Waals surface area (Å²) < 4.78 is 51.7. The fraction of sp³-hybridized carbons (Fsp3) is 0.455. The van der Waals surface area contributed by atoms with Crippen molar-refractivity contribution < 1.29 is 17.2 Å². The van der Waals surface area contributed by atoms with Crippen LogP contribution in [-0.2, 0) is 10.0 Å². The van der Waals surface area contributed by atoms with E-state index in [4.69, 9.17) is 11.6 Å². The first-order chi connectivity index (χ1) is 8.36. The predicted octanol–water partition coefficient (Wildman–Crippen LogP) is 2.65. The molecule has 0 bridgehead atoms. The average molecular weight is 298 g/mol. The molecule has 1 N–H and O–H groups in total. The summed E-state index contributed by atoms with van der Waals surface area (Å²) in [6, 6.07) is 2.15. The molecule has 102 valence electrons. The number of rotatable bonds is 6. The Morgan fingerprint density at radius 2 is 2.00 bits per heavy atom. The molecule has 0 aliphatic heterocycles. The van der Waals surface area contributed by atoms with Gasteiger partial charge in [-0.2, -0.15) is 0 Å². The summed E-state index contributed by atoms with van der Waals surface area (Å²) in [6.45, 7) is 1.68. The zero-order chi connectivity index (χ0) is 13.8. The van der Waals surface area contributed by atoms with E-state index in [-0.39, 0.29) is 10.9 Å². The average Bonchev–Trinajstić information content (AvgIpc) is 2.29. The fourth-order valence-electron chi connectivity index (χ4n) is 1.42. The molecule has 0 radical (unpaired) electrons. The van der Waals surface area contributed by atoms with Gasteiger partial charge in [-0.05, 0) is 38.0 Å². The van der Waals surface area contributed by atoms with Crippen LogP contribution in [0.1, 0.15) is 19.8 Å². The van der Waals surface area contributed by atoms with Crippen molar-refractivity contribution in [1.29, 1.82) is 0 Å². The highest BCUT2D eigenvalue weighted by molar-refractivity contribution is 7.89. The molecule has 7 heteroatoms. The van der Waals surface area contributed by atoms with Gasteiger partial charge in [-0.25, -0.2) is 21.9 Å². The summed E-state index contributed by atoms with van der Waals surface area (Å²) in [5.74, 6) is -1.83. The van der Waals surface area contributed by atoms with Gasteiger partial charge >= 0.3 is 0 Å². The number of hydrogen-bond acceptors (Lipinski definition) is 2. The monoisotopic (exact) mass is 297 g/mol. The van der Waals surface area contributed by atoms with Crippen molar-refractivity contribution >= 4 is 21.6 Å². The third-order valence-corrected chi connectivity index (χ3v) is 4.18. The molecule has 0 spiro atoms. The lowest BCUT2D eigenvalue weighted by atomic mass is 10.2. The van der Waals surface area contributed by atoms with Crippen molar-refractivity contribution in [2.24, 2.45) is 0 Å². The van der Waals surface area contributed by atoms with E-state index in [0.29, 0.717) is 24.8 Å². The molecule has 0 aliphatic rings. The Morgan fingerprint density at radius 1 is 1.33 bits per heavy atom. The first-order valence-corrected chi connectivity index (χ1v) is 7.42. The lowest BCUT2D eigenvalue weighted by molar-refractivity contribution is 0.503. The van der Waals surface area contributed by atoms with Gasteiger partial charge in [-0.1, -0.05) is 0 Å². The summed E-state index contributed by atoms with van der Waals surface area (Å²) in [5, 5.41) is 0. The first kappa shape index (κ1) is 15.3. The second kappa shape index (κ2) is 6.45. The van der Waals surface area contributed by atoms with Crippen LogP contribution < -0.4 is 4.72 Å². The lowest BCUT2D eigenvalue weighted by Crippen LogP contribution is -2.32. The fourth-order valence-corrected chi connectivity index (χ4v) is 2.86. The summed E-state index contributed by atoms with van der Waals surface area (Å²) in [6.07, 6.45) is 1.25. The normalized spacial score (nSPS) is 13.6. The summed E-state index contributed by atoms with van der Waals surface area (Å²) >= 11 is 5.50. The number of benzene rings is 1. The number of sulfonamides is 1. The van der Waals surface area contributed by atoms with Gasteiger partial charge in [0.15, 0.2) is 11.6 Å². The summed E-state index contributed by atoms with van der Waals surface area (Å²) in [7, 11) is -3.83. The standard InChI is InChI=1S/C11H14ClF2NO2S/c1-8(3-2-6-12)15-18(16,17)9-4-5-10(13)11(14)7-9/h4-5,7-8,15H,2-3,6H2,1H3. The van der Waals surface area contributed by atoms with Gasteiger partial charge in [0.1, 0.15) is 0 Å². The van der Waals surface area contributed by atoms with Crippen molar-refractivity contribution in [1.82, 2.24) is 4.72 Å². The van der Waals surface area contributed by atoms with Gasteiger partial charge in [0.25, 0.3) is 0 Å². The van der Waals surface area contributed by atoms with E-state index >= 15 is 0 Å². The van der Waals surface area contributed by atoms with Gasteiger partial charge < -0.3 is 0 Å². The Labute approximate surface area is 110 Å². The van der Waals surface area contributed by atoms with Crippen LogP contribution in [0.5, 0.6) is 0 Å². The van der Waals surface area contributed by atoms with E-state index in [1.165, 1.54) is 0 Å². The van der Waals surface area contributed by atoms with E-state index in [1.54, 1.807) is 6.92 Å². The second-order valence-electron chi connectivity index (χ2n) is 3.93. The molecule has 18 heavy (non-hydrogen) atoms. The minimum atomic E-state index is -3.83. The van der Waals surface area contributed by atoms with Gasteiger partial charge in [0, 0.05) is 11.9 Å². The molecule has 3 nitrogen and oxygen atoms in total. The molecule has 1 unspecified atom stereocenters. The number of nitrogens with one attached hydrogen (secondary N) is 1. The van der Waals surface area contributed by atoms with Crippen molar-refractivity contribution in [3.63, 3.8) is 0 Å². The van der Waals surface area contributed by atoms with Gasteiger partial charge in [-0.3, -0.25) is 0 Å². The van der Waals surface area contributed by atoms with E-state index in [2.05, 4.69) is 4.72 Å². The maximum atomic E-state index is 13.0. The molecular weight excluding hydrogens is 284 g/mol. The zero-order valence-electron chi connectivity index (χ0n) is 9.79. The molecule has 1 atom stereocenters. The van der Waals surface area contributed by atoms with Gasteiger partial charge in [-0.15, -0.1) is 11.6 Å². The van der Waals surface area contributed by atoms with Crippen LogP contribution in [0.4, 0.5) is 8.78 Å². The number of hydrogen-bond donors (Lipinski definition) is 1. The third kappa shape index (κ3) is 4.19. The highest BCUT2D eigenvalue weighted by Crippen LogP contribution is 2.14. The van der Waals surface area contributed by atoms with Crippen molar-refractivity contribution in [3.05, 3.63) is 29.8 Å². The topological polar surface area (TPSA) is 46.2 Å². The third-order valence-electron chi connectivity index (χ3n) is 2.33. The van der Waals surface area contributed by atoms with E-state index in [9.17, 15) is 17.2 Å².